The first-order valence-electron chi connectivity index (χ1n) is 9.84. The van der Waals surface area contributed by atoms with Crippen LogP contribution in [0.2, 0.25) is 0 Å². The molecule has 0 radical (unpaired) electrons. The van der Waals surface area contributed by atoms with Crippen LogP contribution in [0.4, 0.5) is 5.69 Å². The maximum atomic E-state index is 13.0. The number of ether oxygens (including phenoxy) is 1. The van der Waals surface area contributed by atoms with Gasteiger partial charge >= 0.3 is 5.97 Å². The van der Waals surface area contributed by atoms with E-state index in [1.807, 2.05) is 6.92 Å². The molecule has 9 nitrogen and oxygen atoms in total. The lowest BCUT2D eigenvalue weighted by Crippen LogP contribution is -2.49. The molecule has 0 unspecified atom stereocenters. The molecule has 2 amide bonds. The van der Waals surface area contributed by atoms with Gasteiger partial charge in [-0.05, 0) is 44.4 Å². The number of carbonyl (C=O) groups excluding carboxylic acids is 2. The average Bonchev–Trinajstić information content (AvgIpc) is 3.11. The van der Waals surface area contributed by atoms with Crippen molar-refractivity contribution in [3.63, 3.8) is 0 Å². The third-order valence-corrected chi connectivity index (χ3v) is 5.96. The standard InChI is InChI=1S/C19H28N4O5/c1-3-23-10-13(16(22-23)18(25)20-8-9-28-2)21-17(24)14-11-4-6-12(7-5-11)15(14)19(26)27/h10-12,14-15H,3-9H2,1-2H3,(H,20,25)(H,21,24)(H,26,27)/t11?,12?,14-,15-/m0/s1. The summed E-state index contributed by atoms with van der Waals surface area (Å²) in [7, 11) is 1.54. The van der Waals surface area contributed by atoms with Crippen LogP contribution in [0.1, 0.15) is 43.1 Å². The van der Waals surface area contributed by atoms with Crippen LogP contribution in [-0.2, 0) is 20.9 Å². The topological polar surface area (TPSA) is 123 Å². The Balaban J connectivity index is 1.78. The fourth-order valence-corrected chi connectivity index (χ4v) is 4.59. The van der Waals surface area contributed by atoms with E-state index in [2.05, 4.69) is 15.7 Å². The fourth-order valence-electron chi connectivity index (χ4n) is 4.59. The number of hydrogen-bond donors (Lipinski definition) is 3. The number of anilines is 1. The van der Waals surface area contributed by atoms with E-state index in [1.54, 1.807) is 18.0 Å². The first-order chi connectivity index (χ1) is 13.5. The summed E-state index contributed by atoms with van der Waals surface area (Å²) >= 11 is 0. The third kappa shape index (κ3) is 4.04. The number of amides is 2. The van der Waals surface area contributed by atoms with Gasteiger partial charge in [-0.1, -0.05) is 0 Å². The van der Waals surface area contributed by atoms with Crippen molar-refractivity contribution < 1.29 is 24.2 Å². The second-order valence-corrected chi connectivity index (χ2v) is 7.55. The molecule has 154 valence electrons. The summed E-state index contributed by atoms with van der Waals surface area (Å²) in [6.07, 6.45) is 5.11. The molecular formula is C19H28N4O5. The van der Waals surface area contributed by atoms with Crippen molar-refractivity contribution in [3.05, 3.63) is 11.9 Å². The number of aliphatic carboxylic acids is 1. The number of fused-ring (bicyclic) bond motifs is 3. The molecule has 0 aliphatic heterocycles. The van der Waals surface area contributed by atoms with Crippen molar-refractivity contribution in [2.24, 2.45) is 23.7 Å². The molecule has 2 atom stereocenters. The summed E-state index contributed by atoms with van der Waals surface area (Å²) in [5.74, 6) is -2.74. The Hall–Kier alpha value is -2.42. The van der Waals surface area contributed by atoms with E-state index in [1.165, 1.54) is 0 Å². The maximum absolute atomic E-state index is 13.0. The van der Waals surface area contributed by atoms with Gasteiger partial charge in [0.05, 0.1) is 24.1 Å². The molecule has 3 aliphatic rings. The third-order valence-electron chi connectivity index (χ3n) is 5.96. The predicted octanol–water partition coefficient (Wildman–Crippen LogP) is 1.35. The second-order valence-electron chi connectivity index (χ2n) is 7.55. The fraction of sp³-hybridized carbons (Fsp3) is 0.684. The van der Waals surface area contributed by atoms with E-state index in [0.29, 0.717) is 25.4 Å². The lowest BCUT2D eigenvalue weighted by molar-refractivity contribution is -0.156. The molecule has 0 aromatic carbocycles. The molecule has 1 heterocycles. The zero-order valence-corrected chi connectivity index (χ0v) is 16.3. The van der Waals surface area contributed by atoms with Gasteiger partial charge in [0.15, 0.2) is 5.69 Å². The van der Waals surface area contributed by atoms with Crippen LogP contribution in [0.15, 0.2) is 6.20 Å². The van der Waals surface area contributed by atoms with Gasteiger partial charge in [-0.15, -0.1) is 0 Å². The van der Waals surface area contributed by atoms with Crippen LogP contribution in [0.3, 0.4) is 0 Å². The Morgan fingerprint density at radius 3 is 2.43 bits per heavy atom. The van der Waals surface area contributed by atoms with E-state index in [0.717, 1.165) is 25.7 Å². The summed E-state index contributed by atoms with van der Waals surface area (Å²) in [5.41, 5.74) is 0.437. The smallest absolute Gasteiger partial charge is 0.307 e. The van der Waals surface area contributed by atoms with Gasteiger partial charge in [0.2, 0.25) is 5.91 Å². The minimum Gasteiger partial charge on any atom is -0.481 e. The Morgan fingerprint density at radius 2 is 1.86 bits per heavy atom. The SMILES string of the molecule is CCn1cc(NC(=O)[C@H]2C3CCC(CC3)[C@@H]2C(=O)O)c(C(=O)NCCOC)n1. The first-order valence-corrected chi connectivity index (χ1v) is 9.84. The molecule has 0 saturated heterocycles. The first kappa shape index (κ1) is 20.3. The Kier molecular flexibility index (Phi) is 6.33. The molecule has 3 N–H and O–H groups in total. The predicted molar refractivity (Wildman–Crippen MR) is 101 cm³/mol. The molecule has 3 saturated carbocycles. The highest BCUT2D eigenvalue weighted by Crippen LogP contribution is 2.49. The molecule has 2 bridgehead atoms. The van der Waals surface area contributed by atoms with Crippen LogP contribution in [0.25, 0.3) is 0 Å². The molecule has 3 aliphatic carbocycles. The minimum absolute atomic E-state index is 0.0495. The Labute approximate surface area is 163 Å². The largest absolute Gasteiger partial charge is 0.481 e. The zero-order valence-electron chi connectivity index (χ0n) is 16.3. The van der Waals surface area contributed by atoms with Crippen LogP contribution < -0.4 is 10.6 Å². The zero-order chi connectivity index (χ0) is 20.3. The second kappa shape index (κ2) is 8.72. The maximum Gasteiger partial charge on any atom is 0.307 e. The summed E-state index contributed by atoms with van der Waals surface area (Å²) in [4.78, 5) is 37.3. The molecule has 0 spiro atoms. The summed E-state index contributed by atoms with van der Waals surface area (Å²) in [5, 5.41) is 19.4. The highest BCUT2D eigenvalue weighted by atomic mass is 16.5. The quantitative estimate of drug-likeness (QED) is 0.574. The molecule has 1 aromatic rings. The van der Waals surface area contributed by atoms with Crippen molar-refractivity contribution >= 4 is 23.5 Å². The number of nitrogens with one attached hydrogen (secondary N) is 2. The van der Waals surface area contributed by atoms with Crippen LogP contribution in [0.5, 0.6) is 0 Å². The van der Waals surface area contributed by atoms with E-state index in [4.69, 9.17) is 4.74 Å². The number of carbonyl (C=O) groups is 3. The van der Waals surface area contributed by atoms with Gasteiger partial charge in [0, 0.05) is 26.4 Å². The lowest BCUT2D eigenvalue weighted by atomic mass is 9.58. The van der Waals surface area contributed by atoms with E-state index < -0.39 is 23.7 Å². The molecular weight excluding hydrogens is 364 g/mol. The number of carboxylic acid groups (broad SMARTS) is 1. The number of methoxy groups -OCH3 is 1. The van der Waals surface area contributed by atoms with Gasteiger partial charge in [-0.2, -0.15) is 5.10 Å². The van der Waals surface area contributed by atoms with Crippen LogP contribution in [-0.4, -0.2) is 52.9 Å². The number of rotatable bonds is 8. The minimum atomic E-state index is -0.906. The molecule has 3 fully saturated rings. The van der Waals surface area contributed by atoms with Crippen molar-refractivity contribution in [3.8, 4) is 0 Å². The van der Waals surface area contributed by atoms with Crippen LogP contribution in [0, 0.1) is 23.7 Å². The monoisotopic (exact) mass is 392 g/mol. The van der Waals surface area contributed by atoms with Gasteiger partial charge in [-0.25, -0.2) is 0 Å². The van der Waals surface area contributed by atoms with Crippen LogP contribution >= 0.6 is 0 Å². The summed E-state index contributed by atoms with van der Waals surface area (Å²) < 4.78 is 6.50. The summed E-state index contributed by atoms with van der Waals surface area (Å²) in [6.45, 7) is 3.12. The molecule has 4 rings (SSSR count). The van der Waals surface area contributed by atoms with Gasteiger partial charge in [-0.3, -0.25) is 19.1 Å². The number of carboxylic acids is 1. The molecule has 28 heavy (non-hydrogen) atoms. The summed E-state index contributed by atoms with van der Waals surface area (Å²) in [6, 6.07) is 0. The number of aryl methyl sites for hydroxylation is 1. The highest BCUT2D eigenvalue weighted by molar-refractivity contribution is 6.03. The van der Waals surface area contributed by atoms with Crippen molar-refractivity contribution in [1.82, 2.24) is 15.1 Å². The van der Waals surface area contributed by atoms with E-state index in [9.17, 15) is 19.5 Å². The molecule has 9 heteroatoms. The van der Waals surface area contributed by atoms with E-state index >= 15 is 0 Å². The average molecular weight is 392 g/mol. The normalized spacial score (nSPS) is 26.1. The van der Waals surface area contributed by atoms with E-state index in [-0.39, 0.29) is 23.4 Å². The Morgan fingerprint density at radius 1 is 1.21 bits per heavy atom. The van der Waals surface area contributed by atoms with Crippen molar-refractivity contribution in [2.45, 2.75) is 39.2 Å². The lowest BCUT2D eigenvalue weighted by Gasteiger charge is -2.45. The highest BCUT2D eigenvalue weighted by Gasteiger charge is 2.50. The Bertz CT molecular complexity index is 739. The van der Waals surface area contributed by atoms with Crippen molar-refractivity contribution in [2.75, 3.05) is 25.6 Å². The van der Waals surface area contributed by atoms with Gasteiger partial charge in [0.1, 0.15) is 0 Å². The molecule has 1 aromatic heterocycles. The number of aromatic nitrogens is 2. The van der Waals surface area contributed by atoms with Crippen molar-refractivity contribution in [1.29, 1.82) is 0 Å². The number of hydrogen-bond acceptors (Lipinski definition) is 5. The van der Waals surface area contributed by atoms with Gasteiger partial charge < -0.3 is 20.5 Å². The van der Waals surface area contributed by atoms with Gasteiger partial charge in [0.25, 0.3) is 5.91 Å². The number of nitrogens with zero attached hydrogens (tertiary/aromatic N) is 2.